The number of hydrogen-bond donors (Lipinski definition) is 0. The lowest BCUT2D eigenvalue weighted by atomic mass is 10.5. The van der Waals surface area contributed by atoms with Gasteiger partial charge in [-0.2, -0.15) is 0 Å². The first-order valence-corrected chi connectivity index (χ1v) is 2.78. The quantitative estimate of drug-likeness (QED) is 0.536. The van der Waals surface area contributed by atoms with Gasteiger partial charge in [0, 0.05) is 13.5 Å². The highest BCUT2D eigenvalue weighted by Gasteiger charge is 2.14. The molecule has 0 bridgehead atoms. The molecule has 0 rings (SSSR count). The monoisotopic (exact) mass is 144 g/mol. The number of methoxy groups -OCH3 is 1. The molecule has 0 spiro atoms. The molecule has 0 aliphatic carbocycles. The molecule has 0 unspecified atom stereocenters. The van der Waals surface area contributed by atoms with E-state index >= 15 is 0 Å². The van der Waals surface area contributed by atoms with Gasteiger partial charge in [-0.05, 0) is 6.92 Å². The number of carbonyl (C=O) groups excluding carboxylic acids is 2. The second-order valence-corrected chi connectivity index (χ2v) is 1.64. The van der Waals surface area contributed by atoms with E-state index in [4.69, 9.17) is 0 Å². The fourth-order valence-electron chi connectivity index (χ4n) is 0.487. The van der Waals surface area contributed by atoms with Crippen LogP contribution in [-0.2, 0) is 9.53 Å². The predicted molar refractivity (Wildman–Crippen MR) is 35.1 cm³/mol. The zero-order valence-electron chi connectivity index (χ0n) is 6.09. The van der Waals surface area contributed by atoms with Crippen molar-refractivity contribution in [3.63, 3.8) is 0 Å². The van der Waals surface area contributed by atoms with Crippen molar-refractivity contribution in [1.82, 2.24) is 4.90 Å². The van der Waals surface area contributed by atoms with Crippen LogP contribution >= 0.6 is 0 Å². The number of rotatable bonds is 1. The van der Waals surface area contributed by atoms with Crippen LogP contribution in [0.15, 0.2) is 0 Å². The molecule has 0 heterocycles. The second-order valence-electron chi connectivity index (χ2n) is 1.64. The Morgan fingerprint density at radius 3 is 2.20 bits per heavy atom. The minimum absolute atomic E-state index is 0.0992. The maximum atomic E-state index is 10.6. The standard InChI is InChI=1S/C6H10NO3/c1-4-7(5(2)8)6(9)10-3/h1,4H2,2-3H3. The summed E-state index contributed by atoms with van der Waals surface area (Å²) in [5, 5.41) is 0. The van der Waals surface area contributed by atoms with Crippen LogP contribution in [0.25, 0.3) is 0 Å². The lowest BCUT2D eigenvalue weighted by Gasteiger charge is -2.13. The Labute approximate surface area is 59.8 Å². The van der Waals surface area contributed by atoms with Gasteiger partial charge < -0.3 is 4.74 Å². The molecule has 10 heavy (non-hydrogen) atoms. The van der Waals surface area contributed by atoms with Crippen molar-refractivity contribution in [3.8, 4) is 0 Å². The van der Waals surface area contributed by atoms with E-state index in [0.717, 1.165) is 4.90 Å². The second kappa shape index (κ2) is 3.87. The maximum Gasteiger partial charge on any atom is 0.416 e. The predicted octanol–water partition coefficient (Wildman–Crippen LogP) is 0.435. The number of amides is 2. The molecule has 2 amide bonds. The van der Waals surface area contributed by atoms with Crippen LogP contribution in [0.5, 0.6) is 0 Å². The van der Waals surface area contributed by atoms with Crippen molar-refractivity contribution < 1.29 is 14.3 Å². The lowest BCUT2D eigenvalue weighted by molar-refractivity contribution is -0.126. The zero-order valence-corrected chi connectivity index (χ0v) is 6.09. The molecule has 1 radical (unpaired) electrons. The SMILES string of the molecule is [CH2]CN(C(C)=O)C(=O)OC. The van der Waals surface area contributed by atoms with Crippen molar-refractivity contribution >= 4 is 12.0 Å². The Morgan fingerprint density at radius 2 is 2.10 bits per heavy atom. The Bertz CT molecular complexity index is 144. The molecule has 0 aliphatic heterocycles. The van der Waals surface area contributed by atoms with E-state index in [-0.39, 0.29) is 12.5 Å². The van der Waals surface area contributed by atoms with Crippen LogP contribution in [0, 0.1) is 6.92 Å². The van der Waals surface area contributed by atoms with E-state index in [1.54, 1.807) is 0 Å². The van der Waals surface area contributed by atoms with Crippen LogP contribution in [0.3, 0.4) is 0 Å². The normalized spacial score (nSPS) is 8.70. The van der Waals surface area contributed by atoms with Gasteiger partial charge >= 0.3 is 6.09 Å². The third-order valence-electron chi connectivity index (χ3n) is 0.999. The Morgan fingerprint density at radius 1 is 1.60 bits per heavy atom. The molecular weight excluding hydrogens is 134 g/mol. The minimum atomic E-state index is -0.664. The van der Waals surface area contributed by atoms with Crippen LogP contribution in [0.1, 0.15) is 6.92 Å². The van der Waals surface area contributed by atoms with Crippen molar-refractivity contribution in [2.75, 3.05) is 13.7 Å². The summed E-state index contributed by atoms with van der Waals surface area (Å²) in [5.41, 5.74) is 0. The summed E-state index contributed by atoms with van der Waals surface area (Å²) in [6.45, 7) is 4.76. The molecule has 0 saturated heterocycles. The Hall–Kier alpha value is -1.06. The minimum Gasteiger partial charge on any atom is -0.452 e. The van der Waals surface area contributed by atoms with E-state index in [0.29, 0.717) is 0 Å². The summed E-state index contributed by atoms with van der Waals surface area (Å²) < 4.78 is 4.29. The third kappa shape index (κ3) is 2.05. The van der Waals surface area contributed by atoms with Gasteiger partial charge in [-0.25, -0.2) is 9.69 Å². The zero-order chi connectivity index (χ0) is 8.15. The first-order valence-electron chi connectivity index (χ1n) is 2.78. The highest BCUT2D eigenvalue weighted by molar-refractivity contribution is 5.90. The van der Waals surface area contributed by atoms with Gasteiger partial charge in [-0.15, -0.1) is 0 Å². The number of carbonyl (C=O) groups is 2. The first kappa shape index (κ1) is 8.94. The summed E-state index contributed by atoms with van der Waals surface area (Å²) in [5.74, 6) is -0.359. The molecule has 0 aliphatic rings. The molecule has 0 aromatic heterocycles. The van der Waals surface area contributed by atoms with Crippen molar-refractivity contribution in [2.24, 2.45) is 0 Å². The van der Waals surface area contributed by atoms with E-state index in [2.05, 4.69) is 11.7 Å². The van der Waals surface area contributed by atoms with Gasteiger partial charge in [0.2, 0.25) is 5.91 Å². The fourth-order valence-corrected chi connectivity index (χ4v) is 0.487. The molecule has 57 valence electrons. The summed E-state index contributed by atoms with van der Waals surface area (Å²) in [6, 6.07) is 0. The molecule has 0 aromatic carbocycles. The highest BCUT2D eigenvalue weighted by atomic mass is 16.5. The Kier molecular flexibility index (Phi) is 3.46. The van der Waals surface area contributed by atoms with Crippen LogP contribution in [0.2, 0.25) is 0 Å². The smallest absolute Gasteiger partial charge is 0.416 e. The average Bonchev–Trinajstić information content (AvgIpc) is 1.88. The van der Waals surface area contributed by atoms with Gasteiger partial charge in [-0.3, -0.25) is 4.79 Å². The molecule has 4 heteroatoms. The number of ether oxygens (including phenoxy) is 1. The van der Waals surface area contributed by atoms with Gasteiger partial charge in [0.15, 0.2) is 0 Å². The first-order chi connectivity index (χ1) is 4.63. The van der Waals surface area contributed by atoms with Crippen LogP contribution in [0.4, 0.5) is 4.79 Å². The molecule has 0 N–H and O–H groups in total. The molecule has 0 atom stereocenters. The summed E-state index contributed by atoms with van der Waals surface area (Å²) >= 11 is 0. The van der Waals surface area contributed by atoms with E-state index in [9.17, 15) is 9.59 Å². The van der Waals surface area contributed by atoms with Gasteiger partial charge in [-0.1, -0.05) is 0 Å². The van der Waals surface area contributed by atoms with Crippen LogP contribution < -0.4 is 0 Å². The summed E-state index contributed by atoms with van der Waals surface area (Å²) in [4.78, 5) is 22.1. The van der Waals surface area contributed by atoms with Crippen molar-refractivity contribution in [1.29, 1.82) is 0 Å². The van der Waals surface area contributed by atoms with Crippen molar-refractivity contribution in [2.45, 2.75) is 6.92 Å². The highest BCUT2D eigenvalue weighted by Crippen LogP contribution is 1.91. The number of nitrogens with zero attached hydrogens (tertiary/aromatic N) is 1. The average molecular weight is 144 g/mol. The van der Waals surface area contributed by atoms with Gasteiger partial charge in [0.1, 0.15) is 0 Å². The molecule has 4 nitrogen and oxygen atoms in total. The largest absolute Gasteiger partial charge is 0.452 e. The molecular formula is C6H10NO3. The van der Waals surface area contributed by atoms with E-state index in [1.165, 1.54) is 14.0 Å². The van der Waals surface area contributed by atoms with Gasteiger partial charge in [0.05, 0.1) is 7.11 Å². The van der Waals surface area contributed by atoms with E-state index in [1.807, 2.05) is 0 Å². The number of hydrogen-bond acceptors (Lipinski definition) is 3. The molecule has 0 aromatic rings. The fraction of sp³-hybridized carbons (Fsp3) is 0.500. The van der Waals surface area contributed by atoms with Crippen molar-refractivity contribution in [3.05, 3.63) is 6.92 Å². The lowest BCUT2D eigenvalue weighted by Crippen LogP contribution is -2.34. The Balaban J connectivity index is 4.06. The van der Waals surface area contributed by atoms with Gasteiger partial charge in [0.25, 0.3) is 0 Å². The number of imide groups is 1. The maximum absolute atomic E-state index is 10.6. The molecule has 0 saturated carbocycles. The summed E-state index contributed by atoms with van der Waals surface area (Å²) in [6.07, 6.45) is -0.664. The van der Waals surface area contributed by atoms with Crippen LogP contribution in [-0.4, -0.2) is 30.6 Å². The van der Waals surface area contributed by atoms with E-state index < -0.39 is 6.09 Å². The molecule has 0 fully saturated rings. The third-order valence-corrected chi connectivity index (χ3v) is 0.999. The topological polar surface area (TPSA) is 46.6 Å². The summed E-state index contributed by atoms with van der Waals surface area (Å²) in [7, 11) is 1.22.